The maximum absolute atomic E-state index is 12.1. The van der Waals surface area contributed by atoms with E-state index in [4.69, 9.17) is 9.47 Å². The minimum absolute atomic E-state index is 0.0225. The molecule has 1 aromatic carbocycles. The maximum atomic E-state index is 12.1. The van der Waals surface area contributed by atoms with Crippen LogP contribution in [0, 0.1) is 0 Å². The molecule has 0 aliphatic heterocycles. The number of ether oxygens (including phenoxy) is 3. The maximum Gasteiger partial charge on any atom is 0.306 e. The molecule has 112 valence electrons. The summed E-state index contributed by atoms with van der Waals surface area (Å²) < 4.78 is 41.0. The number of carbonyl (C=O) groups is 1. The van der Waals surface area contributed by atoms with E-state index in [2.05, 4.69) is 9.46 Å². The lowest BCUT2D eigenvalue weighted by atomic mass is 10.3. The zero-order valence-corrected chi connectivity index (χ0v) is 12.3. The SMILES string of the molecule is COC(=O)CCNS(=O)(=O)c1ccc(OC)cc1OC. The first-order valence-electron chi connectivity index (χ1n) is 5.73. The molecule has 0 fully saturated rings. The van der Waals surface area contributed by atoms with Gasteiger partial charge in [0.05, 0.1) is 27.8 Å². The second kappa shape index (κ2) is 7.11. The van der Waals surface area contributed by atoms with E-state index in [1.165, 1.54) is 39.5 Å². The molecule has 0 unspecified atom stereocenters. The third-order valence-corrected chi connectivity index (χ3v) is 4.01. The molecule has 1 N–H and O–H groups in total. The van der Waals surface area contributed by atoms with Crippen molar-refractivity contribution >= 4 is 16.0 Å². The van der Waals surface area contributed by atoms with Gasteiger partial charge in [-0.05, 0) is 12.1 Å². The summed E-state index contributed by atoms with van der Waals surface area (Å²) in [5.41, 5.74) is 0. The highest BCUT2D eigenvalue weighted by atomic mass is 32.2. The van der Waals surface area contributed by atoms with Crippen molar-refractivity contribution in [1.82, 2.24) is 4.72 Å². The fourth-order valence-electron chi connectivity index (χ4n) is 1.46. The van der Waals surface area contributed by atoms with Gasteiger partial charge in [0.15, 0.2) is 0 Å². The summed E-state index contributed by atoms with van der Waals surface area (Å²) in [6.45, 7) is -0.0514. The highest BCUT2D eigenvalue weighted by Gasteiger charge is 2.20. The molecule has 0 aliphatic carbocycles. The number of nitrogens with one attached hydrogen (secondary N) is 1. The Bertz CT molecular complexity index is 569. The van der Waals surface area contributed by atoms with Crippen LogP contribution in [-0.2, 0) is 19.6 Å². The Morgan fingerprint density at radius 2 is 1.90 bits per heavy atom. The molecular formula is C12H17NO6S. The van der Waals surface area contributed by atoms with Gasteiger partial charge in [0.25, 0.3) is 0 Å². The molecule has 0 saturated heterocycles. The number of sulfonamides is 1. The summed E-state index contributed by atoms with van der Waals surface area (Å²) in [5.74, 6) is 0.152. The third kappa shape index (κ3) is 4.10. The number of benzene rings is 1. The molecule has 0 heterocycles. The van der Waals surface area contributed by atoms with Crippen molar-refractivity contribution < 1.29 is 27.4 Å². The van der Waals surface area contributed by atoms with Crippen molar-refractivity contribution in [1.29, 1.82) is 0 Å². The molecule has 0 atom stereocenters. The number of rotatable bonds is 7. The van der Waals surface area contributed by atoms with Gasteiger partial charge < -0.3 is 14.2 Å². The molecular weight excluding hydrogens is 286 g/mol. The Morgan fingerprint density at radius 3 is 2.45 bits per heavy atom. The quantitative estimate of drug-likeness (QED) is 0.740. The largest absolute Gasteiger partial charge is 0.497 e. The molecule has 20 heavy (non-hydrogen) atoms. The van der Waals surface area contributed by atoms with E-state index in [0.717, 1.165) is 0 Å². The van der Waals surface area contributed by atoms with Gasteiger partial charge >= 0.3 is 5.97 Å². The van der Waals surface area contributed by atoms with Crippen LogP contribution < -0.4 is 14.2 Å². The Kier molecular flexibility index (Phi) is 5.78. The van der Waals surface area contributed by atoms with Crippen LogP contribution in [0.15, 0.2) is 23.1 Å². The van der Waals surface area contributed by atoms with Crippen LogP contribution >= 0.6 is 0 Å². The minimum Gasteiger partial charge on any atom is -0.497 e. The van der Waals surface area contributed by atoms with Crippen molar-refractivity contribution in [3.63, 3.8) is 0 Å². The predicted molar refractivity (Wildman–Crippen MR) is 71.4 cm³/mol. The van der Waals surface area contributed by atoms with Gasteiger partial charge in [-0.2, -0.15) is 0 Å². The topological polar surface area (TPSA) is 90.9 Å². The first kappa shape index (κ1) is 16.3. The molecule has 0 aliphatic rings. The van der Waals surface area contributed by atoms with Gasteiger partial charge in [-0.3, -0.25) is 4.79 Å². The number of esters is 1. The van der Waals surface area contributed by atoms with E-state index in [9.17, 15) is 13.2 Å². The molecule has 0 radical (unpaired) electrons. The Morgan fingerprint density at radius 1 is 1.20 bits per heavy atom. The number of hydrogen-bond acceptors (Lipinski definition) is 6. The molecule has 0 amide bonds. The summed E-state index contributed by atoms with van der Waals surface area (Å²) in [7, 11) is 0.302. The summed E-state index contributed by atoms with van der Waals surface area (Å²) in [5, 5.41) is 0. The third-order valence-electron chi connectivity index (χ3n) is 2.51. The van der Waals surface area contributed by atoms with E-state index in [0.29, 0.717) is 5.75 Å². The fraction of sp³-hybridized carbons (Fsp3) is 0.417. The van der Waals surface area contributed by atoms with Crippen molar-refractivity contribution in [3.05, 3.63) is 18.2 Å². The molecule has 1 aromatic rings. The zero-order chi connectivity index (χ0) is 15.2. The van der Waals surface area contributed by atoms with E-state index in [1.807, 2.05) is 0 Å². The minimum atomic E-state index is -3.77. The van der Waals surface area contributed by atoms with Gasteiger partial charge in [0.1, 0.15) is 16.4 Å². The lowest BCUT2D eigenvalue weighted by molar-refractivity contribution is -0.140. The normalized spacial score (nSPS) is 10.9. The van der Waals surface area contributed by atoms with Gasteiger partial charge in [-0.25, -0.2) is 13.1 Å². The van der Waals surface area contributed by atoms with Crippen LogP contribution in [0.2, 0.25) is 0 Å². The van der Waals surface area contributed by atoms with Crippen LogP contribution in [0.3, 0.4) is 0 Å². The molecule has 8 heteroatoms. The van der Waals surface area contributed by atoms with Crippen LogP contribution in [0.4, 0.5) is 0 Å². The van der Waals surface area contributed by atoms with Crippen molar-refractivity contribution in [2.24, 2.45) is 0 Å². The van der Waals surface area contributed by atoms with Gasteiger partial charge in [-0.1, -0.05) is 0 Å². The average Bonchev–Trinajstić information content (AvgIpc) is 2.45. The molecule has 7 nitrogen and oxygen atoms in total. The first-order chi connectivity index (χ1) is 9.44. The molecule has 0 aromatic heterocycles. The van der Waals surface area contributed by atoms with Gasteiger partial charge in [0.2, 0.25) is 10.0 Å². The second-order valence-electron chi connectivity index (χ2n) is 3.74. The second-order valence-corrected chi connectivity index (χ2v) is 5.48. The van der Waals surface area contributed by atoms with Crippen LogP contribution in [0.5, 0.6) is 11.5 Å². The standard InChI is InChI=1S/C12H17NO6S/c1-17-9-4-5-11(10(8-9)18-2)20(15,16)13-7-6-12(14)19-3/h4-5,8,13H,6-7H2,1-3H3. The van der Waals surface area contributed by atoms with Crippen LogP contribution in [0.25, 0.3) is 0 Å². The van der Waals surface area contributed by atoms with Crippen LogP contribution in [-0.4, -0.2) is 42.3 Å². The number of carbonyl (C=O) groups excluding carboxylic acids is 1. The predicted octanol–water partition coefficient (Wildman–Crippen LogP) is 0.545. The van der Waals surface area contributed by atoms with E-state index in [1.54, 1.807) is 0 Å². The summed E-state index contributed by atoms with van der Waals surface area (Å²) >= 11 is 0. The van der Waals surface area contributed by atoms with Crippen molar-refractivity contribution in [2.45, 2.75) is 11.3 Å². The summed E-state index contributed by atoms with van der Waals surface area (Å²) in [4.78, 5) is 10.9. The fourth-order valence-corrected chi connectivity index (χ4v) is 2.64. The zero-order valence-electron chi connectivity index (χ0n) is 11.5. The smallest absolute Gasteiger partial charge is 0.306 e. The highest BCUT2D eigenvalue weighted by Crippen LogP contribution is 2.28. The molecule has 0 saturated carbocycles. The van der Waals surface area contributed by atoms with Gasteiger partial charge in [-0.15, -0.1) is 0 Å². The average molecular weight is 303 g/mol. The Labute approximate surface area is 117 Å². The first-order valence-corrected chi connectivity index (χ1v) is 7.21. The summed E-state index contributed by atoms with van der Waals surface area (Å²) in [6.07, 6.45) is -0.0474. The Hall–Kier alpha value is -1.80. The number of methoxy groups -OCH3 is 3. The molecule has 0 bridgehead atoms. The number of hydrogen-bond donors (Lipinski definition) is 1. The van der Waals surface area contributed by atoms with E-state index >= 15 is 0 Å². The molecule has 0 spiro atoms. The lowest BCUT2D eigenvalue weighted by Crippen LogP contribution is -2.27. The van der Waals surface area contributed by atoms with Gasteiger partial charge in [0, 0.05) is 12.6 Å². The van der Waals surface area contributed by atoms with Crippen molar-refractivity contribution in [2.75, 3.05) is 27.9 Å². The van der Waals surface area contributed by atoms with Crippen molar-refractivity contribution in [3.8, 4) is 11.5 Å². The van der Waals surface area contributed by atoms with E-state index in [-0.39, 0.29) is 23.6 Å². The summed E-state index contributed by atoms with van der Waals surface area (Å²) in [6, 6.07) is 4.35. The highest BCUT2D eigenvalue weighted by molar-refractivity contribution is 7.89. The monoisotopic (exact) mass is 303 g/mol. The van der Waals surface area contributed by atoms with E-state index < -0.39 is 16.0 Å². The Balaban J connectivity index is 2.89. The van der Waals surface area contributed by atoms with Crippen LogP contribution in [0.1, 0.15) is 6.42 Å². The molecule has 1 rings (SSSR count). The lowest BCUT2D eigenvalue weighted by Gasteiger charge is -2.11.